The monoisotopic (exact) mass is 122 g/mol. The Morgan fingerprint density at radius 1 is 0.714 bits per heavy atom. The summed E-state index contributed by atoms with van der Waals surface area (Å²) >= 11 is 0. The zero-order chi connectivity index (χ0) is 2.00. The molecule has 58 valence electrons. The molecule has 0 rings (SSSR count). The van der Waals surface area contributed by atoms with E-state index in [1.54, 1.807) is 0 Å². The zero-order valence-electron chi connectivity index (χ0n) is 1.82. The summed E-state index contributed by atoms with van der Waals surface area (Å²) < 4.78 is 0. The second-order valence-electron chi connectivity index (χ2n) is 0. The third kappa shape index (κ3) is 297. The first-order chi connectivity index (χ1) is 1.00. The Hall–Kier alpha value is -0.480. The van der Waals surface area contributed by atoms with Gasteiger partial charge in [0.1, 0.15) is 0 Å². The number of hydrogen-bond donors (Lipinski definition) is 0. The van der Waals surface area contributed by atoms with Crippen molar-refractivity contribution in [2.45, 2.75) is 22.3 Å². The van der Waals surface area contributed by atoms with Gasteiger partial charge in [-0.05, 0) is 0 Å². The van der Waals surface area contributed by atoms with Crippen molar-refractivity contribution in [2.24, 2.45) is 0 Å². The SMILES string of the molecule is C.C.C.O.O.O=O.[HH].[HH].[HH]. The third-order valence-corrected chi connectivity index (χ3v) is 0. The predicted molar refractivity (Wildman–Crippen MR) is 40.5 cm³/mol. The van der Waals surface area contributed by atoms with Crippen LogP contribution in [0.15, 0.2) is 0 Å². The van der Waals surface area contributed by atoms with Crippen molar-refractivity contribution in [3.63, 3.8) is 0 Å². The van der Waals surface area contributed by atoms with E-state index >= 15 is 0 Å². The van der Waals surface area contributed by atoms with Crippen molar-refractivity contribution in [1.82, 2.24) is 0 Å². The lowest BCUT2D eigenvalue weighted by molar-refractivity contribution is 0.823. The van der Waals surface area contributed by atoms with Gasteiger partial charge in [-0.25, -0.2) is 0 Å². The van der Waals surface area contributed by atoms with Gasteiger partial charge in [-0.15, -0.1) is 0 Å². The van der Waals surface area contributed by atoms with Crippen LogP contribution in [0.3, 0.4) is 0 Å². The molecule has 0 aromatic rings. The van der Waals surface area contributed by atoms with Gasteiger partial charge in [-0.3, -0.25) is 0 Å². The molecule has 4 nitrogen and oxygen atoms in total. The van der Waals surface area contributed by atoms with Gasteiger partial charge in [-0.2, -0.15) is 0 Å². The van der Waals surface area contributed by atoms with E-state index in [9.17, 15) is 0 Å². The minimum Gasteiger partial charge on any atom is -0.412 e. The number of hydrogen-bond acceptors (Lipinski definition) is 2. The molecule has 0 bridgehead atoms. The molecule has 7 heavy (non-hydrogen) atoms. The fraction of sp³-hybridized carbons (Fsp3) is 1.00. The molecule has 0 fully saturated rings. The summed E-state index contributed by atoms with van der Waals surface area (Å²) in [5, 5.41) is 0. The van der Waals surface area contributed by atoms with Crippen LogP contribution in [0.25, 0.3) is 0 Å². The van der Waals surface area contributed by atoms with Crippen LogP contribution in [-0.4, -0.2) is 11.0 Å². The Kier molecular flexibility index (Phi) is 51400. The van der Waals surface area contributed by atoms with E-state index in [1.807, 2.05) is 0 Å². The molecule has 0 aromatic carbocycles. The highest BCUT2D eigenvalue weighted by molar-refractivity contribution is 4.07. The first-order valence-corrected chi connectivity index (χ1v) is 0.167. The van der Waals surface area contributed by atoms with Gasteiger partial charge >= 0.3 is 0 Å². The lowest BCUT2D eigenvalue weighted by atomic mass is 12.0. The Bertz CT molecular complexity index is 15.7. The molecule has 4 N–H and O–H groups in total. The first-order valence-electron chi connectivity index (χ1n) is 0.167. The van der Waals surface area contributed by atoms with Gasteiger partial charge in [0.25, 0.3) is 0 Å². The summed E-state index contributed by atoms with van der Waals surface area (Å²) in [6.45, 7) is 0. The van der Waals surface area contributed by atoms with Crippen molar-refractivity contribution >= 4 is 0 Å². The Morgan fingerprint density at radius 3 is 0.714 bits per heavy atom. The summed E-state index contributed by atoms with van der Waals surface area (Å²) in [6, 6.07) is 0. The second-order valence-corrected chi connectivity index (χ2v) is 0. The fourth-order valence-corrected chi connectivity index (χ4v) is 0. The molecule has 0 heterocycles. The van der Waals surface area contributed by atoms with E-state index in [0.29, 0.717) is 0 Å². The number of rotatable bonds is 0. The second kappa shape index (κ2) is 489. The third-order valence-electron chi connectivity index (χ3n) is 0. The zero-order valence-corrected chi connectivity index (χ0v) is 1.82. The molecule has 0 spiro atoms. The quantitative estimate of drug-likeness (QED) is 0.480. The van der Waals surface area contributed by atoms with Crippen LogP contribution in [0.2, 0.25) is 0 Å². The average Bonchev–Trinajstić information content (AvgIpc) is 1.00. The molecule has 0 saturated heterocycles. The van der Waals surface area contributed by atoms with Crippen LogP contribution in [0.1, 0.15) is 26.6 Å². The average molecular weight is 122 g/mol. The van der Waals surface area contributed by atoms with Crippen LogP contribution < -0.4 is 0 Å². The van der Waals surface area contributed by atoms with Crippen molar-refractivity contribution in [1.29, 1.82) is 0 Å². The van der Waals surface area contributed by atoms with E-state index in [4.69, 9.17) is 9.93 Å². The molecular weight excluding hydrogens is 100 g/mol. The first kappa shape index (κ1) is 735. The van der Waals surface area contributed by atoms with Crippen LogP contribution in [0, 0.1) is 9.93 Å². The van der Waals surface area contributed by atoms with Crippen molar-refractivity contribution in [3.05, 3.63) is 9.93 Å². The summed E-state index contributed by atoms with van der Waals surface area (Å²) in [5.74, 6) is 0. The molecule has 0 aliphatic heterocycles. The molecule has 0 saturated carbocycles. The van der Waals surface area contributed by atoms with Gasteiger partial charge in [-0.1, -0.05) is 22.3 Å². The van der Waals surface area contributed by atoms with Gasteiger partial charge in [0.15, 0.2) is 0 Å². The molecular formula is C3H22O4. The Balaban J connectivity index is -0.000000000179. The highest BCUT2D eigenvalue weighted by atomic mass is 16.7. The molecule has 0 aliphatic carbocycles. The van der Waals surface area contributed by atoms with E-state index in [0.717, 1.165) is 0 Å². The predicted octanol–water partition coefficient (Wildman–Crippen LogP) is 1.06. The molecule has 0 aromatic heterocycles. The van der Waals surface area contributed by atoms with Crippen LogP contribution in [0.4, 0.5) is 0 Å². The topological polar surface area (TPSA) is 97.1 Å². The van der Waals surface area contributed by atoms with Crippen LogP contribution in [-0.2, 0) is 0 Å². The summed E-state index contributed by atoms with van der Waals surface area (Å²) in [7, 11) is 0. The van der Waals surface area contributed by atoms with E-state index in [1.165, 1.54) is 0 Å². The van der Waals surface area contributed by atoms with Gasteiger partial charge in [0, 0.05) is 14.2 Å². The molecule has 0 amide bonds. The van der Waals surface area contributed by atoms with Crippen molar-refractivity contribution in [2.75, 3.05) is 0 Å². The molecule has 0 unspecified atom stereocenters. The highest BCUT2D eigenvalue weighted by Crippen LogP contribution is 0.741. The summed E-state index contributed by atoms with van der Waals surface area (Å²) in [4.78, 5) is 14.0. The Morgan fingerprint density at radius 2 is 0.714 bits per heavy atom. The summed E-state index contributed by atoms with van der Waals surface area (Å²) in [5.41, 5.74) is 0. The van der Waals surface area contributed by atoms with Crippen LogP contribution in [0.5, 0.6) is 0 Å². The van der Waals surface area contributed by atoms with Gasteiger partial charge < -0.3 is 11.0 Å². The van der Waals surface area contributed by atoms with E-state index < -0.39 is 0 Å². The van der Waals surface area contributed by atoms with Gasteiger partial charge in [0.05, 0.1) is 0 Å². The molecule has 0 radical (unpaired) electrons. The normalized spacial score (nSPS) is 0.571. The minimum absolute atomic E-state index is 0. The maximum Gasteiger partial charge on any atom is 0 e. The van der Waals surface area contributed by atoms with E-state index in [-0.39, 0.29) is 37.5 Å². The standard InChI is InChI=1S/3CH4.O2.2H2O.3H2/c;;;1-2;;;;;/h3*1H4;;2*1H2;3*1H. The lowest BCUT2D eigenvalue weighted by Gasteiger charge is -0.707. The minimum atomic E-state index is 0. The highest BCUT2D eigenvalue weighted by Gasteiger charge is 0.707. The van der Waals surface area contributed by atoms with E-state index in [2.05, 4.69) is 0 Å². The van der Waals surface area contributed by atoms with Gasteiger partial charge in [0.2, 0.25) is 0 Å². The molecule has 4 heteroatoms. The largest absolute Gasteiger partial charge is 0.412 e. The summed E-state index contributed by atoms with van der Waals surface area (Å²) in [6.07, 6.45) is 0. The lowest BCUT2D eigenvalue weighted by Crippen LogP contribution is -0.674. The van der Waals surface area contributed by atoms with Crippen LogP contribution >= 0.6 is 0 Å². The maximum absolute atomic E-state index is 7.00. The Labute approximate surface area is 48.8 Å². The molecule has 0 atom stereocenters. The maximum atomic E-state index is 7.00. The van der Waals surface area contributed by atoms with Crippen molar-refractivity contribution < 1.29 is 15.2 Å². The smallest absolute Gasteiger partial charge is 0 e. The fourth-order valence-electron chi connectivity index (χ4n) is 0. The molecule has 0 aliphatic rings. The van der Waals surface area contributed by atoms with Crippen molar-refractivity contribution in [3.8, 4) is 0 Å².